The maximum Gasteiger partial charge on any atom is 0.266 e. The highest BCUT2D eigenvalue weighted by molar-refractivity contribution is 6.24. The number of hydroxylamine groups is 1. The first-order chi connectivity index (χ1) is 17.0. The summed E-state index contributed by atoms with van der Waals surface area (Å²) in [6.07, 6.45) is -0.246. The predicted molar refractivity (Wildman–Crippen MR) is 128 cm³/mol. The SMILES string of the molecule is CCCOc1ccc([C@H]2[C@@H]3C(=O)N(c4ccccc4F)C(=O)[C@H]3ON2c2ccccc2)cc1OC. The molecule has 5 rings (SSSR count). The molecular formula is C27H25FN2O5. The number of fused-ring (bicyclic) bond motifs is 1. The van der Waals surface area contributed by atoms with Crippen LogP contribution in [0.4, 0.5) is 15.8 Å². The van der Waals surface area contributed by atoms with Crippen molar-refractivity contribution in [3.63, 3.8) is 0 Å². The molecule has 0 spiro atoms. The zero-order valence-electron chi connectivity index (χ0n) is 19.4. The zero-order valence-corrected chi connectivity index (χ0v) is 19.4. The fourth-order valence-corrected chi connectivity index (χ4v) is 4.62. The maximum atomic E-state index is 14.5. The molecule has 180 valence electrons. The number of amides is 2. The van der Waals surface area contributed by atoms with Crippen molar-refractivity contribution in [1.82, 2.24) is 0 Å². The Kier molecular flexibility index (Phi) is 6.13. The molecule has 3 aromatic rings. The second-order valence-corrected chi connectivity index (χ2v) is 8.38. The van der Waals surface area contributed by atoms with Crippen LogP contribution >= 0.6 is 0 Å². The van der Waals surface area contributed by atoms with Gasteiger partial charge in [-0.15, -0.1) is 0 Å². The molecule has 0 radical (unpaired) electrons. The number of carbonyl (C=O) groups excluding carboxylic acids is 2. The van der Waals surface area contributed by atoms with E-state index in [1.165, 1.54) is 18.2 Å². The first-order valence-electron chi connectivity index (χ1n) is 11.5. The highest BCUT2D eigenvalue weighted by Crippen LogP contribution is 2.48. The summed E-state index contributed by atoms with van der Waals surface area (Å²) in [6, 6.07) is 19.7. The van der Waals surface area contributed by atoms with E-state index >= 15 is 0 Å². The number of anilines is 2. The van der Waals surface area contributed by atoms with Crippen molar-refractivity contribution in [2.75, 3.05) is 23.7 Å². The first kappa shape index (κ1) is 22.9. The molecule has 0 aliphatic carbocycles. The van der Waals surface area contributed by atoms with Crippen molar-refractivity contribution >= 4 is 23.2 Å². The standard InChI is InChI=1S/C27H25FN2O5/c1-3-15-34-21-14-13-17(16-22(21)33-2)24-23-25(35-30(24)18-9-5-4-6-10-18)27(32)29(26(23)31)20-12-8-7-11-19(20)28/h4-14,16,23-25H,3,15H2,1-2H3/t23-,24-,25-/m0/s1. The number of hydrogen-bond donors (Lipinski definition) is 0. The van der Waals surface area contributed by atoms with Gasteiger partial charge in [0.2, 0.25) is 5.91 Å². The quantitative estimate of drug-likeness (QED) is 0.462. The molecule has 7 nitrogen and oxygen atoms in total. The van der Waals surface area contributed by atoms with E-state index in [9.17, 15) is 14.0 Å². The van der Waals surface area contributed by atoms with Gasteiger partial charge in [0.15, 0.2) is 17.6 Å². The minimum atomic E-state index is -1.09. The van der Waals surface area contributed by atoms with Crippen LogP contribution in [0, 0.1) is 11.7 Å². The van der Waals surface area contributed by atoms with Crippen LogP contribution in [-0.4, -0.2) is 31.6 Å². The number of halogens is 1. The molecule has 0 unspecified atom stereocenters. The molecule has 0 bridgehead atoms. The molecule has 8 heteroatoms. The van der Waals surface area contributed by atoms with E-state index < -0.39 is 35.7 Å². The van der Waals surface area contributed by atoms with Gasteiger partial charge in [0, 0.05) is 0 Å². The number of imide groups is 1. The molecule has 0 saturated carbocycles. The lowest BCUT2D eigenvalue weighted by Gasteiger charge is -2.29. The van der Waals surface area contributed by atoms with Gasteiger partial charge in [-0.05, 0) is 48.4 Å². The lowest BCUT2D eigenvalue weighted by atomic mass is 9.90. The number of rotatable bonds is 7. The minimum Gasteiger partial charge on any atom is -0.493 e. The number of para-hydroxylation sites is 2. The fraction of sp³-hybridized carbons (Fsp3) is 0.259. The Bertz CT molecular complexity index is 1250. The highest BCUT2D eigenvalue weighted by atomic mass is 19.1. The minimum absolute atomic E-state index is 0.0774. The van der Waals surface area contributed by atoms with E-state index in [2.05, 4.69) is 0 Å². The van der Waals surface area contributed by atoms with E-state index in [0.717, 1.165) is 11.3 Å². The predicted octanol–water partition coefficient (Wildman–Crippen LogP) is 4.67. The van der Waals surface area contributed by atoms with Crippen LogP contribution in [-0.2, 0) is 14.4 Å². The number of benzene rings is 3. The van der Waals surface area contributed by atoms with Crippen molar-refractivity contribution in [1.29, 1.82) is 0 Å². The van der Waals surface area contributed by atoms with E-state index in [1.807, 2.05) is 43.3 Å². The number of ether oxygens (including phenoxy) is 2. The second-order valence-electron chi connectivity index (χ2n) is 8.38. The van der Waals surface area contributed by atoms with Crippen molar-refractivity contribution in [2.24, 2.45) is 5.92 Å². The Morgan fingerprint density at radius 3 is 2.40 bits per heavy atom. The van der Waals surface area contributed by atoms with Gasteiger partial charge in [-0.1, -0.05) is 43.3 Å². The van der Waals surface area contributed by atoms with E-state index in [-0.39, 0.29) is 5.69 Å². The molecule has 3 aromatic carbocycles. The summed E-state index contributed by atoms with van der Waals surface area (Å²) in [6.45, 7) is 2.55. The summed E-state index contributed by atoms with van der Waals surface area (Å²) in [4.78, 5) is 34.0. The molecule has 0 aromatic heterocycles. The van der Waals surface area contributed by atoms with Gasteiger partial charge in [0.25, 0.3) is 5.91 Å². The van der Waals surface area contributed by atoms with Crippen molar-refractivity contribution in [3.05, 3.63) is 84.2 Å². The lowest BCUT2D eigenvalue weighted by Crippen LogP contribution is -2.37. The van der Waals surface area contributed by atoms with Crippen molar-refractivity contribution in [3.8, 4) is 11.5 Å². The van der Waals surface area contributed by atoms with Gasteiger partial charge >= 0.3 is 0 Å². The molecule has 35 heavy (non-hydrogen) atoms. The van der Waals surface area contributed by atoms with Crippen LogP contribution in [0.25, 0.3) is 0 Å². The average molecular weight is 477 g/mol. The van der Waals surface area contributed by atoms with Crippen LogP contribution in [0.1, 0.15) is 24.9 Å². The third kappa shape index (κ3) is 3.89. The Labute approximate surface area is 202 Å². The van der Waals surface area contributed by atoms with Gasteiger partial charge in [0.05, 0.1) is 31.1 Å². The van der Waals surface area contributed by atoms with Crippen molar-refractivity contribution in [2.45, 2.75) is 25.5 Å². The van der Waals surface area contributed by atoms with E-state index in [0.29, 0.717) is 29.4 Å². The fourth-order valence-electron chi connectivity index (χ4n) is 4.62. The van der Waals surface area contributed by atoms with Crippen LogP contribution in [0.3, 0.4) is 0 Å². The third-order valence-electron chi connectivity index (χ3n) is 6.21. The monoisotopic (exact) mass is 476 g/mol. The normalized spacial score (nSPS) is 21.4. The Balaban J connectivity index is 1.58. The van der Waals surface area contributed by atoms with Crippen LogP contribution in [0.15, 0.2) is 72.8 Å². The smallest absolute Gasteiger partial charge is 0.266 e. The molecule has 2 aliphatic rings. The summed E-state index contributed by atoms with van der Waals surface area (Å²) in [5, 5.41) is 1.59. The Morgan fingerprint density at radius 1 is 0.943 bits per heavy atom. The lowest BCUT2D eigenvalue weighted by molar-refractivity contribution is -0.126. The Morgan fingerprint density at radius 2 is 1.69 bits per heavy atom. The summed E-state index contributed by atoms with van der Waals surface area (Å²) < 4.78 is 25.9. The third-order valence-corrected chi connectivity index (χ3v) is 6.21. The number of carbonyl (C=O) groups is 2. The maximum absolute atomic E-state index is 14.5. The van der Waals surface area contributed by atoms with Gasteiger partial charge in [0.1, 0.15) is 11.7 Å². The van der Waals surface area contributed by atoms with Gasteiger partial charge in [-0.3, -0.25) is 14.4 Å². The number of hydrogen-bond acceptors (Lipinski definition) is 6. The zero-order chi connectivity index (χ0) is 24.5. The molecule has 2 fully saturated rings. The summed E-state index contributed by atoms with van der Waals surface area (Å²) in [7, 11) is 1.55. The molecule has 2 amide bonds. The van der Waals surface area contributed by atoms with Crippen LogP contribution in [0.2, 0.25) is 0 Å². The highest BCUT2D eigenvalue weighted by Gasteiger charge is 2.60. The average Bonchev–Trinajstić information content (AvgIpc) is 3.39. The molecule has 2 aliphatic heterocycles. The van der Waals surface area contributed by atoms with Gasteiger partial charge < -0.3 is 9.47 Å². The topological polar surface area (TPSA) is 68.3 Å². The van der Waals surface area contributed by atoms with Crippen molar-refractivity contribution < 1.29 is 28.3 Å². The number of methoxy groups -OCH3 is 1. The Hall–Kier alpha value is -3.91. The van der Waals surface area contributed by atoms with E-state index in [1.54, 1.807) is 30.4 Å². The molecule has 2 heterocycles. The van der Waals surface area contributed by atoms with Gasteiger partial charge in [-0.25, -0.2) is 14.4 Å². The summed E-state index contributed by atoms with van der Waals surface area (Å²) >= 11 is 0. The molecule has 3 atom stereocenters. The largest absolute Gasteiger partial charge is 0.493 e. The van der Waals surface area contributed by atoms with Gasteiger partial charge in [-0.2, -0.15) is 0 Å². The molecule has 0 N–H and O–H groups in total. The summed E-state index contributed by atoms with van der Waals surface area (Å²) in [5.41, 5.74) is 1.32. The number of nitrogens with zero attached hydrogens (tertiary/aromatic N) is 2. The molecule has 2 saturated heterocycles. The first-order valence-corrected chi connectivity index (χ1v) is 11.5. The van der Waals surface area contributed by atoms with Crippen LogP contribution in [0.5, 0.6) is 11.5 Å². The second kappa shape index (κ2) is 9.38. The summed E-state index contributed by atoms with van der Waals surface area (Å²) in [5.74, 6) is -1.54. The molecular weight excluding hydrogens is 451 g/mol. The van der Waals surface area contributed by atoms with E-state index in [4.69, 9.17) is 14.3 Å². The van der Waals surface area contributed by atoms with Crippen LogP contribution < -0.4 is 19.4 Å².